The van der Waals surface area contributed by atoms with Crippen LogP contribution in [0.15, 0.2) is 97.2 Å². The van der Waals surface area contributed by atoms with Crippen molar-refractivity contribution in [1.29, 1.82) is 0 Å². The monoisotopic (exact) mass is 578 g/mol. The lowest BCUT2D eigenvalue weighted by Gasteiger charge is -2.38. The van der Waals surface area contributed by atoms with Crippen LogP contribution in [0.1, 0.15) is 49.0 Å². The van der Waals surface area contributed by atoms with E-state index < -0.39 is 23.4 Å². The predicted molar refractivity (Wildman–Crippen MR) is 160 cm³/mol. The first-order valence-corrected chi connectivity index (χ1v) is 14.1. The summed E-state index contributed by atoms with van der Waals surface area (Å²) in [6.07, 6.45) is 3.81. The standard InChI is InChI=1S/C34H24Cl2N2O3/c1-19-6-15-27-26(18-19)34(33(41)37-27)28(30(39)21-7-11-23(35)12-8-21)29(31(40)22-9-13-24(36)14-10-22)38-17-16-20-4-2-3-5-25(20)32(34)38/h2-18,28-29,32H,1H3,(H,37,41)/t28-,29-,32?,34-/m0/s1. The second-order valence-corrected chi connectivity index (χ2v) is 11.7. The summed E-state index contributed by atoms with van der Waals surface area (Å²) in [7, 11) is 0. The molecule has 0 bridgehead atoms. The van der Waals surface area contributed by atoms with E-state index in [2.05, 4.69) is 5.32 Å². The van der Waals surface area contributed by atoms with Crippen LogP contribution in [0.4, 0.5) is 5.69 Å². The maximum Gasteiger partial charge on any atom is 0.238 e. The Hall–Kier alpha value is -4.19. The molecule has 0 radical (unpaired) electrons. The first kappa shape index (κ1) is 25.8. The van der Waals surface area contributed by atoms with Gasteiger partial charge in [0, 0.05) is 33.1 Å². The second kappa shape index (κ2) is 9.44. The van der Waals surface area contributed by atoms with Gasteiger partial charge in [0.1, 0.15) is 11.5 Å². The highest BCUT2D eigenvalue weighted by molar-refractivity contribution is 6.31. The highest BCUT2D eigenvalue weighted by Gasteiger charge is 2.70. The van der Waals surface area contributed by atoms with E-state index in [0.717, 1.165) is 22.3 Å². The summed E-state index contributed by atoms with van der Waals surface area (Å²) in [6.45, 7) is 1.96. The van der Waals surface area contributed by atoms with Gasteiger partial charge in [0.2, 0.25) is 5.91 Å². The predicted octanol–water partition coefficient (Wildman–Crippen LogP) is 7.28. The third-order valence-electron chi connectivity index (χ3n) is 8.63. The maximum absolute atomic E-state index is 14.8. The van der Waals surface area contributed by atoms with Crippen molar-refractivity contribution >= 4 is 52.4 Å². The number of fused-ring (bicyclic) bond motifs is 6. The molecular weight excluding hydrogens is 555 g/mol. The molecule has 4 atom stereocenters. The van der Waals surface area contributed by atoms with E-state index in [1.807, 2.05) is 66.6 Å². The quantitative estimate of drug-likeness (QED) is 0.258. The van der Waals surface area contributed by atoms with Crippen LogP contribution in [0.2, 0.25) is 10.0 Å². The van der Waals surface area contributed by atoms with Crippen LogP contribution in [0.5, 0.6) is 0 Å². The molecule has 3 aliphatic heterocycles. The van der Waals surface area contributed by atoms with Gasteiger partial charge in [-0.05, 0) is 84.3 Å². The van der Waals surface area contributed by atoms with E-state index in [-0.39, 0.29) is 17.5 Å². The molecule has 7 heteroatoms. The van der Waals surface area contributed by atoms with Crippen molar-refractivity contribution in [2.24, 2.45) is 5.92 Å². The molecule has 5 nitrogen and oxygen atoms in total. The molecule has 1 fully saturated rings. The minimum atomic E-state index is -1.38. The Morgan fingerprint density at radius 3 is 2.15 bits per heavy atom. The zero-order valence-corrected chi connectivity index (χ0v) is 23.5. The first-order chi connectivity index (χ1) is 19.8. The van der Waals surface area contributed by atoms with E-state index in [4.69, 9.17) is 23.2 Å². The fourth-order valence-corrected chi connectivity index (χ4v) is 7.15. The topological polar surface area (TPSA) is 66.5 Å². The highest BCUT2D eigenvalue weighted by Crippen LogP contribution is 2.62. The molecule has 0 saturated carbocycles. The van der Waals surface area contributed by atoms with Gasteiger partial charge in [-0.25, -0.2) is 0 Å². The number of carbonyl (C=O) groups is 3. The van der Waals surface area contributed by atoms with Crippen molar-refractivity contribution in [2.75, 3.05) is 5.32 Å². The largest absolute Gasteiger partial charge is 0.358 e. The Kier molecular flexibility index (Phi) is 5.93. The number of aryl methyl sites for hydroxylation is 1. The lowest BCUT2D eigenvalue weighted by atomic mass is 9.62. The summed E-state index contributed by atoms with van der Waals surface area (Å²) < 4.78 is 0. The van der Waals surface area contributed by atoms with Crippen LogP contribution in [-0.4, -0.2) is 28.4 Å². The molecular formula is C34H24Cl2N2O3. The van der Waals surface area contributed by atoms with Crippen molar-refractivity contribution in [1.82, 2.24) is 4.90 Å². The van der Waals surface area contributed by atoms with Crippen LogP contribution >= 0.6 is 23.2 Å². The summed E-state index contributed by atoms with van der Waals surface area (Å²) in [5.41, 5.74) is 3.58. The van der Waals surface area contributed by atoms with Crippen molar-refractivity contribution < 1.29 is 14.4 Å². The van der Waals surface area contributed by atoms with Gasteiger partial charge in [-0.1, -0.05) is 65.2 Å². The van der Waals surface area contributed by atoms with Gasteiger partial charge in [0.05, 0.1) is 12.0 Å². The molecule has 1 saturated heterocycles. The molecule has 7 rings (SSSR count). The Morgan fingerprint density at radius 2 is 1.46 bits per heavy atom. The third-order valence-corrected chi connectivity index (χ3v) is 9.13. The molecule has 4 aromatic carbocycles. The zero-order valence-electron chi connectivity index (χ0n) is 22.0. The summed E-state index contributed by atoms with van der Waals surface area (Å²) in [6, 6.07) is 25.4. The van der Waals surface area contributed by atoms with Gasteiger partial charge >= 0.3 is 0 Å². The van der Waals surface area contributed by atoms with Gasteiger partial charge < -0.3 is 10.2 Å². The third kappa shape index (κ3) is 3.73. The fourth-order valence-electron chi connectivity index (χ4n) is 6.90. The number of hydrogen-bond acceptors (Lipinski definition) is 4. The number of anilines is 1. The number of benzene rings is 4. The molecule has 3 heterocycles. The Balaban J connectivity index is 1.55. The Bertz CT molecular complexity index is 1780. The number of Topliss-reactive ketones (excluding diaryl/α,β-unsaturated/α-hetero) is 2. The number of hydrogen-bond donors (Lipinski definition) is 1. The smallest absolute Gasteiger partial charge is 0.238 e. The lowest BCUT2D eigenvalue weighted by Crippen LogP contribution is -2.49. The SMILES string of the molecule is Cc1ccc2c(c1)[C@@]1(C(=O)N2)C2c3ccccc3C=CN2[C@H](C(=O)c2ccc(Cl)cc2)[C@H]1C(=O)c1ccc(Cl)cc1. The van der Waals surface area contributed by atoms with E-state index >= 15 is 0 Å². The van der Waals surface area contributed by atoms with Gasteiger partial charge in [0.25, 0.3) is 0 Å². The number of ketones is 2. The molecule has 3 aliphatic rings. The molecule has 202 valence electrons. The normalized spacial score (nSPS) is 23.6. The molecule has 4 aromatic rings. The number of nitrogens with one attached hydrogen (secondary N) is 1. The molecule has 1 N–H and O–H groups in total. The van der Waals surface area contributed by atoms with E-state index in [9.17, 15) is 14.4 Å². The summed E-state index contributed by atoms with van der Waals surface area (Å²) >= 11 is 12.3. The molecule has 0 aliphatic carbocycles. The van der Waals surface area contributed by atoms with Crippen molar-refractivity contribution in [3.63, 3.8) is 0 Å². The van der Waals surface area contributed by atoms with E-state index in [0.29, 0.717) is 26.9 Å². The van der Waals surface area contributed by atoms with Crippen LogP contribution in [-0.2, 0) is 10.2 Å². The number of halogens is 2. The maximum atomic E-state index is 14.8. The van der Waals surface area contributed by atoms with Crippen molar-refractivity contribution in [3.05, 3.63) is 141 Å². The molecule has 1 unspecified atom stereocenters. The number of rotatable bonds is 4. The minimum Gasteiger partial charge on any atom is -0.358 e. The molecule has 1 spiro atoms. The second-order valence-electron chi connectivity index (χ2n) is 10.8. The summed E-state index contributed by atoms with van der Waals surface area (Å²) in [5.74, 6) is -1.89. The number of carbonyl (C=O) groups excluding carboxylic acids is 3. The highest BCUT2D eigenvalue weighted by atomic mass is 35.5. The Labute approximate surface area is 247 Å². The van der Waals surface area contributed by atoms with E-state index in [1.54, 1.807) is 48.5 Å². The first-order valence-electron chi connectivity index (χ1n) is 13.4. The number of amides is 1. The van der Waals surface area contributed by atoms with E-state index in [1.165, 1.54) is 0 Å². The van der Waals surface area contributed by atoms with Gasteiger partial charge in [-0.3, -0.25) is 14.4 Å². The average molecular weight is 579 g/mol. The fraction of sp³-hybridized carbons (Fsp3) is 0.147. The lowest BCUT2D eigenvalue weighted by molar-refractivity contribution is -0.122. The number of nitrogens with zero attached hydrogens (tertiary/aromatic N) is 1. The van der Waals surface area contributed by atoms with Gasteiger partial charge in [-0.15, -0.1) is 0 Å². The van der Waals surface area contributed by atoms with Crippen molar-refractivity contribution in [3.8, 4) is 0 Å². The van der Waals surface area contributed by atoms with Crippen LogP contribution in [0.3, 0.4) is 0 Å². The van der Waals surface area contributed by atoms with Crippen LogP contribution < -0.4 is 5.32 Å². The summed E-state index contributed by atoms with van der Waals surface area (Å²) in [5, 5.41) is 4.07. The zero-order chi connectivity index (χ0) is 28.5. The van der Waals surface area contributed by atoms with Gasteiger partial charge in [0.15, 0.2) is 11.6 Å². The Morgan fingerprint density at radius 1 is 0.829 bits per heavy atom. The minimum absolute atomic E-state index is 0.256. The van der Waals surface area contributed by atoms with Gasteiger partial charge in [-0.2, -0.15) is 0 Å². The average Bonchev–Trinajstić information content (AvgIpc) is 3.45. The van der Waals surface area contributed by atoms with Crippen molar-refractivity contribution in [2.45, 2.75) is 24.4 Å². The molecule has 0 aromatic heterocycles. The van der Waals surface area contributed by atoms with Crippen LogP contribution in [0, 0.1) is 12.8 Å². The molecule has 1 amide bonds. The van der Waals surface area contributed by atoms with Crippen LogP contribution in [0.25, 0.3) is 6.08 Å². The molecule has 41 heavy (non-hydrogen) atoms. The summed E-state index contributed by atoms with van der Waals surface area (Å²) in [4.78, 5) is 45.7.